The summed E-state index contributed by atoms with van der Waals surface area (Å²) in [5.41, 5.74) is 0.429. The van der Waals surface area contributed by atoms with Crippen LogP contribution < -0.4 is 0 Å². The Labute approximate surface area is 179 Å². The van der Waals surface area contributed by atoms with E-state index < -0.39 is 11.7 Å². The lowest BCUT2D eigenvalue weighted by molar-refractivity contribution is -0.138. The average molecular weight is 479 g/mol. The molecule has 156 valence electrons. The van der Waals surface area contributed by atoms with E-state index in [9.17, 15) is 18.0 Å². The lowest BCUT2D eigenvalue weighted by Crippen LogP contribution is -2.31. The molecule has 3 atom stereocenters. The first kappa shape index (κ1) is 19.5. The Morgan fingerprint density at radius 1 is 1.03 bits per heavy atom. The van der Waals surface area contributed by atoms with Gasteiger partial charge in [-0.1, -0.05) is 18.2 Å². The fraction of sp³-hybridized carbons (Fsp3) is 0.381. The molecule has 1 aliphatic carbocycles. The van der Waals surface area contributed by atoms with Crippen molar-refractivity contribution in [2.45, 2.75) is 24.9 Å². The molecule has 0 unspecified atom stereocenters. The largest absolute Gasteiger partial charge is 0.416 e. The van der Waals surface area contributed by atoms with E-state index in [1.54, 1.807) is 33.7 Å². The van der Waals surface area contributed by atoms with E-state index in [1.165, 1.54) is 6.07 Å². The van der Waals surface area contributed by atoms with Crippen LogP contribution in [0.3, 0.4) is 0 Å². The normalized spacial score (nSPS) is 23.9. The fourth-order valence-corrected chi connectivity index (χ4v) is 5.32. The van der Waals surface area contributed by atoms with E-state index in [1.807, 2.05) is 6.07 Å². The summed E-state index contributed by atoms with van der Waals surface area (Å²) in [5, 5.41) is 8.10. The van der Waals surface area contributed by atoms with E-state index >= 15 is 0 Å². The van der Waals surface area contributed by atoms with Crippen LogP contribution in [0.5, 0.6) is 0 Å². The van der Waals surface area contributed by atoms with Crippen LogP contribution in [0.25, 0.3) is 5.65 Å². The van der Waals surface area contributed by atoms with Crippen molar-refractivity contribution in [2.24, 2.45) is 11.8 Å². The molecule has 1 aromatic carbocycles. The van der Waals surface area contributed by atoms with Crippen molar-refractivity contribution in [3.8, 4) is 0 Å². The molecular weight excluding hydrogens is 461 g/mol. The molecule has 5 nitrogen and oxygen atoms in total. The Kier molecular flexibility index (Phi) is 4.61. The van der Waals surface area contributed by atoms with Gasteiger partial charge in [0.15, 0.2) is 5.65 Å². The van der Waals surface area contributed by atoms with E-state index in [4.69, 9.17) is 0 Å². The Bertz CT molecular complexity index is 1110. The van der Waals surface area contributed by atoms with Crippen molar-refractivity contribution in [2.75, 3.05) is 13.1 Å². The molecule has 0 radical (unpaired) electrons. The first-order valence-electron chi connectivity index (χ1n) is 9.77. The number of carbonyl (C=O) groups is 1. The summed E-state index contributed by atoms with van der Waals surface area (Å²) in [6, 6.07) is 9.46. The third-order valence-corrected chi connectivity index (χ3v) is 6.77. The van der Waals surface area contributed by atoms with Crippen molar-refractivity contribution >= 4 is 27.5 Å². The van der Waals surface area contributed by atoms with E-state index in [0.29, 0.717) is 37.1 Å². The molecule has 3 heterocycles. The number of hydrogen-bond donors (Lipinski definition) is 0. The van der Waals surface area contributed by atoms with Gasteiger partial charge in [0.05, 0.1) is 5.56 Å². The van der Waals surface area contributed by atoms with E-state index in [2.05, 4.69) is 26.1 Å². The van der Waals surface area contributed by atoms with Crippen LogP contribution in [-0.4, -0.2) is 38.5 Å². The maximum absolute atomic E-state index is 13.4. The molecule has 5 rings (SSSR count). The maximum atomic E-state index is 13.4. The second-order valence-corrected chi connectivity index (χ2v) is 9.00. The topological polar surface area (TPSA) is 50.5 Å². The number of hydrogen-bond acceptors (Lipinski definition) is 3. The van der Waals surface area contributed by atoms with Crippen molar-refractivity contribution in [3.05, 3.63) is 64.0 Å². The highest BCUT2D eigenvalue weighted by Gasteiger charge is 2.45. The first-order valence-corrected chi connectivity index (χ1v) is 10.6. The summed E-state index contributed by atoms with van der Waals surface area (Å²) in [7, 11) is 0. The molecule has 1 amide bonds. The number of benzene rings is 1. The summed E-state index contributed by atoms with van der Waals surface area (Å²) in [6.07, 6.45) is -1.27. The van der Waals surface area contributed by atoms with Crippen molar-refractivity contribution in [1.82, 2.24) is 19.5 Å². The third kappa shape index (κ3) is 3.29. The molecule has 30 heavy (non-hydrogen) atoms. The van der Waals surface area contributed by atoms with E-state index in [-0.39, 0.29) is 29.5 Å². The summed E-state index contributed by atoms with van der Waals surface area (Å²) in [4.78, 5) is 14.8. The molecule has 0 bridgehead atoms. The number of rotatable bonds is 2. The second kappa shape index (κ2) is 7.08. The minimum Gasteiger partial charge on any atom is -0.335 e. The standard InChI is InChI=1S/C21H18BrF3N4O/c22-15-5-6-18-26-27-19(29(18)11-15)20(30)28-9-13-7-12(8-14(13)10-28)16-3-1-2-4-17(16)21(23,24)25/h1-6,11-14H,7-10H2/t12-,13+,14-. The molecule has 1 saturated carbocycles. The fourth-order valence-electron chi connectivity index (χ4n) is 4.98. The van der Waals surface area contributed by atoms with Crippen LogP contribution in [-0.2, 0) is 6.18 Å². The number of nitrogens with zero attached hydrogens (tertiary/aromatic N) is 4. The van der Waals surface area contributed by atoms with Gasteiger partial charge in [-0.2, -0.15) is 13.2 Å². The number of alkyl halides is 3. The highest BCUT2D eigenvalue weighted by molar-refractivity contribution is 9.10. The first-order chi connectivity index (χ1) is 14.3. The summed E-state index contributed by atoms with van der Waals surface area (Å²) >= 11 is 3.39. The van der Waals surface area contributed by atoms with Gasteiger partial charge in [-0.3, -0.25) is 9.20 Å². The van der Waals surface area contributed by atoms with E-state index in [0.717, 1.165) is 10.5 Å². The predicted molar refractivity (Wildman–Crippen MR) is 107 cm³/mol. The third-order valence-electron chi connectivity index (χ3n) is 6.30. The van der Waals surface area contributed by atoms with Gasteiger partial charge in [0.2, 0.25) is 5.82 Å². The van der Waals surface area contributed by atoms with Gasteiger partial charge in [0, 0.05) is 23.8 Å². The molecule has 1 saturated heterocycles. The maximum Gasteiger partial charge on any atom is 0.416 e. The Morgan fingerprint density at radius 3 is 2.43 bits per heavy atom. The van der Waals surface area contributed by atoms with Gasteiger partial charge in [-0.05, 0) is 70.3 Å². The van der Waals surface area contributed by atoms with Crippen LogP contribution in [0, 0.1) is 11.8 Å². The van der Waals surface area contributed by atoms with Crippen LogP contribution in [0.15, 0.2) is 47.1 Å². The minimum atomic E-state index is -4.35. The molecule has 2 aliphatic rings. The van der Waals surface area contributed by atoms with Gasteiger partial charge >= 0.3 is 6.18 Å². The smallest absolute Gasteiger partial charge is 0.335 e. The number of halogens is 4. The Hall–Kier alpha value is -2.42. The molecule has 0 spiro atoms. The van der Waals surface area contributed by atoms with Crippen LogP contribution >= 0.6 is 15.9 Å². The minimum absolute atomic E-state index is 0.125. The average Bonchev–Trinajstić information content (AvgIpc) is 3.39. The van der Waals surface area contributed by atoms with Crippen LogP contribution in [0.1, 0.15) is 40.5 Å². The zero-order valence-corrected chi connectivity index (χ0v) is 17.4. The van der Waals surface area contributed by atoms with Gasteiger partial charge in [-0.15, -0.1) is 10.2 Å². The molecule has 2 fully saturated rings. The van der Waals surface area contributed by atoms with Gasteiger partial charge < -0.3 is 4.90 Å². The van der Waals surface area contributed by atoms with Gasteiger partial charge in [0.25, 0.3) is 5.91 Å². The number of fused-ring (bicyclic) bond motifs is 2. The van der Waals surface area contributed by atoms with Gasteiger partial charge in [0.1, 0.15) is 0 Å². The van der Waals surface area contributed by atoms with Crippen molar-refractivity contribution < 1.29 is 18.0 Å². The lowest BCUT2D eigenvalue weighted by atomic mass is 9.91. The lowest BCUT2D eigenvalue weighted by Gasteiger charge is -2.21. The molecule has 2 aromatic heterocycles. The van der Waals surface area contributed by atoms with Gasteiger partial charge in [-0.25, -0.2) is 0 Å². The number of aromatic nitrogens is 3. The Balaban J connectivity index is 1.33. The van der Waals surface area contributed by atoms with Crippen LogP contribution in [0.4, 0.5) is 13.2 Å². The highest BCUT2D eigenvalue weighted by atomic mass is 79.9. The summed E-state index contributed by atoms with van der Waals surface area (Å²) < 4.78 is 42.7. The highest BCUT2D eigenvalue weighted by Crippen LogP contribution is 2.49. The number of amides is 1. The SMILES string of the molecule is O=C(c1nnc2ccc(Br)cn12)N1C[C@H]2C[C@H](c3ccccc3C(F)(F)F)C[C@H]2C1. The van der Waals surface area contributed by atoms with Crippen LogP contribution in [0.2, 0.25) is 0 Å². The molecular formula is C21H18BrF3N4O. The van der Waals surface area contributed by atoms with Crippen molar-refractivity contribution in [3.63, 3.8) is 0 Å². The van der Waals surface area contributed by atoms with Crippen molar-refractivity contribution in [1.29, 1.82) is 0 Å². The zero-order chi connectivity index (χ0) is 21.0. The molecule has 3 aromatic rings. The Morgan fingerprint density at radius 2 is 1.73 bits per heavy atom. The summed E-state index contributed by atoms with van der Waals surface area (Å²) in [6.45, 7) is 1.08. The zero-order valence-electron chi connectivity index (χ0n) is 15.8. The molecule has 0 N–H and O–H groups in total. The predicted octanol–water partition coefficient (Wildman–Crippen LogP) is 4.78. The monoisotopic (exact) mass is 478 g/mol. The number of pyridine rings is 1. The quantitative estimate of drug-likeness (QED) is 0.532. The number of carbonyl (C=O) groups excluding carboxylic acids is 1. The molecule has 1 aliphatic heterocycles. The summed E-state index contributed by atoms with van der Waals surface area (Å²) in [5.74, 6) is 0.338. The number of likely N-dealkylation sites (tertiary alicyclic amines) is 1. The molecule has 9 heteroatoms. The second-order valence-electron chi connectivity index (χ2n) is 8.08.